The molecule has 4 nitrogen and oxygen atoms in total. The number of hydrogen-bond donors (Lipinski definition) is 0. The molecule has 90 valence electrons. The van der Waals surface area contributed by atoms with E-state index in [1.807, 2.05) is 30.3 Å². The molecule has 0 atom stereocenters. The number of hydrogen-bond acceptors (Lipinski definition) is 3. The first-order chi connectivity index (χ1) is 8.74. The highest BCUT2D eigenvalue weighted by Crippen LogP contribution is 2.19. The summed E-state index contributed by atoms with van der Waals surface area (Å²) in [6.07, 6.45) is 1.78. The number of ketones is 1. The fourth-order valence-corrected chi connectivity index (χ4v) is 2.28. The third kappa shape index (κ3) is 1.86. The van der Waals surface area contributed by atoms with E-state index in [0.717, 1.165) is 16.5 Å². The van der Waals surface area contributed by atoms with Crippen molar-refractivity contribution in [2.45, 2.75) is 13.0 Å². The number of likely N-dealkylation sites (tertiary alicyclic amines) is 1. The molecule has 1 fully saturated rings. The minimum Gasteiger partial charge on any atom is -0.331 e. The molecule has 1 aromatic heterocycles. The van der Waals surface area contributed by atoms with Crippen LogP contribution in [0.2, 0.25) is 0 Å². The number of amides is 1. The molecule has 0 unspecified atom stereocenters. The van der Waals surface area contributed by atoms with Crippen LogP contribution in [0.1, 0.15) is 12.0 Å². The molecule has 2 aromatic rings. The number of carbonyl (C=O) groups is 2. The van der Waals surface area contributed by atoms with Gasteiger partial charge in [-0.2, -0.15) is 0 Å². The van der Waals surface area contributed by atoms with E-state index in [1.54, 1.807) is 11.1 Å². The maximum Gasteiger partial charge on any atom is 0.230 e. The Balaban J connectivity index is 1.95. The Kier molecular flexibility index (Phi) is 2.55. The van der Waals surface area contributed by atoms with Crippen molar-refractivity contribution in [3.8, 4) is 0 Å². The quantitative estimate of drug-likeness (QED) is 0.748. The van der Waals surface area contributed by atoms with Crippen LogP contribution in [0.15, 0.2) is 36.5 Å². The molecule has 2 heterocycles. The van der Waals surface area contributed by atoms with E-state index >= 15 is 0 Å². The second-order valence-electron chi connectivity index (χ2n) is 4.46. The van der Waals surface area contributed by atoms with Crippen LogP contribution in [0, 0.1) is 0 Å². The average molecular weight is 240 g/mol. The highest BCUT2D eigenvalue weighted by molar-refractivity contribution is 6.05. The Morgan fingerprint density at radius 1 is 1.17 bits per heavy atom. The zero-order valence-corrected chi connectivity index (χ0v) is 9.80. The fourth-order valence-electron chi connectivity index (χ4n) is 2.28. The number of nitrogens with zero attached hydrogens (tertiary/aromatic N) is 2. The number of fused-ring (bicyclic) bond motifs is 1. The van der Waals surface area contributed by atoms with Crippen molar-refractivity contribution in [1.82, 2.24) is 9.88 Å². The van der Waals surface area contributed by atoms with E-state index in [-0.39, 0.29) is 24.7 Å². The maximum absolute atomic E-state index is 11.6. The standard InChI is InChI=1S/C14H12N2O2/c17-12-7-13(18)16(9-12)8-11-4-1-3-10-5-2-6-15-14(10)11/h1-6H,7-9H2. The lowest BCUT2D eigenvalue weighted by molar-refractivity contribution is -0.128. The van der Waals surface area contributed by atoms with Gasteiger partial charge in [0, 0.05) is 18.1 Å². The second kappa shape index (κ2) is 4.22. The highest BCUT2D eigenvalue weighted by atomic mass is 16.2. The molecule has 0 N–H and O–H groups in total. The molecule has 1 saturated heterocycles. The first-order valence-corrected chi connectivity index (χ1v) is 5.86. The summed E-state index contributed by atoms with van der Waals surface area (Å²) in [6.45, 7) is 0.682. The van der Waals surface area contributed by atoms with Gasteiger partial charge in [-0.25, -0.2) is 0 Å². The van der Waals surface area contributed by atoms with Gasteiger partial charge in [0.05, 0.1) is 18.5 Å². The van der Waals surface area contributed by atoms with Crippen molar-refractivity contribution in [3.05, 3.63) is 42.1 Å². The Labute approximate surface area is 104 Å². The van der Waals surface area contributed by atoms with E-state index in [4.69, 9.17) is 0 Å². The Hall–Kier alpha value is -2.23. The predicted octanol–water partition coefficient (Wildman–Crippen LogP) is 1.54. The third-order valence-corrected chi connectivity index (χ3v) is 3.15. The van der Waals surface area contributed by atoms with Gasteiger partial charge >= 0.3 is 0 Å². The summed E-state index contributed by atoms with van der Waals surface area (Å²) in [7, 11) is 0. The zero-order valence-electron chi connectivity index (χ0n) is 9.80. The summed E-state index contributed by atoms with van der Waals surface area (Å²) in [5, 5.41) is 1.05. The monoisotopic (exact) mass is 240 g/mol. The van der Waals surface area contributed by atoms with Gasteiger partial charge in [0.1, 0.15) is 0 Å². The van der Waals surface area contributed by atoms with Crippen molar-refractivity contribution in [2.75, 3.05) is 6.54 Å². The lowest BCUT2D eigenvalue weighted by Gasteiger charge is -2.15. The molecule has 0 bridgehead atoms. The predicted molar refractivity (Wildman–Crippen MR) is 66.8 cm³/mol. The van der Waals surface area contributed by atoms with Gasteiger partial charge in [0.2, 0.25) is 5.91 Å². The van der Waals surface area contributed by atoms with Crippen LogP contribution in [0.4, 0.5) is 0 Å². The van der Waals surface area contributed by atoms with E-state index in [1.165, 1.54) is 0 Å². The van der Waals surface area contributed by atoms with Gasteiger partial charge in [0.25, 0.3) is 0 Å². The third-order valence-electron chi connectivity index (χ3n) is 3.15. The van der Waals surface area contributed by atoms with E-state index < -0.39 is 0 Å². The van der Waals surface area contributed by atoms with Crippen LogP contribution in [-0.4, -0.2) is 28.1 Å². The van der Waals surface area contributed by atoms with Gasteiger partial charge in [-0.1, -0.05) is 24.3 Å². The number of Topliss-reactive ketones (excluding diaryl/α,β-unsaturated/α-hetero) is 1. The van der Waals surface area contributed by atoms with Crippen LogP contribution < -0.4 is 0 Å². The van der Waals surface area contributed by atoms with E-state index in [2.05, 4.69) is 4.98 Å². The molecule has 18 heavy (non-hydrogen) atoms. The topological polar surface area (TPSA) is 50.3 Å². The van der Waals surface area contributed by atoms with E-state index in [9.17, 15) is 9.59 Å². The largest absolute Gasteiger partial charge is 0.331 e. The van der Waals surface area contributed by atoms with Crippen LogP contribution in [0.3, 0.4) is 0 Å². The van der Waals surface area contributed by atoms with E-state index in [0.29, 0.717) is 6.54 Å². The summed E-state index contributed by atoms with van der Waals surface area (Å²) >= 11 is 0. The number of benzene rings is 1. The number of aromatic nitrogens is 1. The molecule has 1 aromatic carbocycles. The summed E-state index contributed by atoms with van der Waals surface area (Å²) in [5.74, 6) is -0.0962. The molecule has 0 saturated carbocycles. The van der Waals surface area contributed by atoms with Gasteiger partial charge in [-0.3, -0.25) is 14.6 Å². The number of pyridine rings is 1. The number of carbonyl (C=O) groups excluding carboxylic acids is 2. The number of para-hydroxylation sites is 1. The lowest BCUT2D eigenvalue weighted by atomic mass is 10.1. The molecule has 1 amide bonds. The lowest BCUT2D eigenvalue weighted by Crippen LogP contribution is -2.24. The minimum atomic E-state index is -0.0899. The summed E-state index contributed by atoms with van der Waals surface area (Å²) in [5.41, 5.74) is 1.88. The fraction of sp³-hybridized carbons (Fsp3) is 0.214. The van der Waals surface area contributed by atoms with Crippen LogP contribution >= 0.6 is 0 Å². The molecule has 1 aliphatic rings. The average Bonchev–Trinajstić information content (AvgIpc) is 2.68. The normalized spacial score (nSPS) is 15.7. The molecule has 0 aliphatic carbocycles. The van der Waals surface area contributed by atoms with Gasteiger partial charge in [-0.05, 0) is 11.6 Å². The van der Waals surface area contributed by atoms with Crippen LogP contribution in [-0.2, 0) is 16.1 Å². The van der Waals surface area contributed by atoms with Crippen LogP contribution in [0.25, 0.3) is 10.9 Å². The molecule has 1 aliphatic heterocycles. The summed E-state index contributed by atoms with van der Waals surface area (Å²) in [4.78, 5) is 28.8. The summed E-state index contributed by atoms with van der Waals surface area (Å²) in [6, 6.07) is 9.76. The maximum atomic E-state index is 11.6. The molecular weight excluding hydrogens is 228 g/mol. The smallest absolute Gasteiger partial charge is 0.230 e. The molecule has 4 heteroatoms. The molecular formula is C14H12N2O2. The summed E-state index contributed by atoms with van der Waals surface area (Å²) < 4.78 is 0. The van der Waals surface area contributed by atoms with Crippen LogP contribution in [0.5, 0.6) is 0 Å². The first-order valence-electron chi connectivity index (χ1n) is 5.86. The minimum absolute atomic E-state index is 0.00630. The molecule has 3 rings (SSSR count). The van der Waals surface area contributed by atoms with Gasteiger partial charge < -0.3 is 4.90 Å². The Morgan fingerprint density at radius 3 is 2.78 bits per heavy atom. The first kappa shape index (κ1) is 10.9. The van der Waals surface area contributed by atoms with Crippen molar-refractivity contribution in [2.24, 2.45) is 0 Å². The second-order valence-corrected chi connectivity index (χ2v) is 4.46. The highest BCUT2D eigenvalue weighted by Gasteiger charge is 2.27. The Bertz CT molecular complexity index is 631. The van der Waals surface area contributed by atoms with Gasteiger partial charge in [-0.15, -0.1) is 0 Å². The zero-order chi connectivity index (χ0) is 12.5. The van der Waals surface area contributed by atoms with Crippen molar-refractivity contribution >= 4 is 22.6 Å². The Morgan fingerprint density at radius 2 is 2.00 bits per heavy atom. The molecule has 0 spiro atoms. The van der Waals surface area contributed by atoms with Crippen molar-refractivity contribution in [3.63, 3.8) is 0 Å². The van der Waals surface area contributed by atoms with Crippen molar-refractivity contribution < 1.29 is 9.59 Å². The molecule has 0 radical (unpaired) electrons. The SMILES string of the molecule is O=C1CC(=O)N(Cc2cccc3cccnc23)C1. The number of rotatable bonds is 2. The van der Waals surface area contributed by atoms with Crippen molar-refractivity contribution in [1.29, 1.82) is 0 Å². The van der Waals surface area contributed by atoms with Gasteiger partial charge in [0.15, 0.2) is 5.78 Å².